The molecule has 1 aliphatic carbocycles. The van der Waals surface area contributed by atoms with Gasteiger partial charge in [-0.3, -0.25) is 9.69 Å². The molecular weight excluding hydrogens is 458 g/mol. The number of likely N-dealkylation sites (N-methyl/N-ethyl adjacent to an activating group) is 1. The Labute approximate surface area is 216 Å². The largest absolute Gasteiger partial charge is 0.444 e. The second-order valence-electron chi connectivity index (χ2n) is 11.2. The summed E-state index contributed by atoms with van der Waals surface area (Å²) in [5, 5.41) is 2.89. The van der Waals surface area contributed by atoms with Gasteiger partial charge in [-0.15, -0.1) is 0 Å². The van der Waals surface area contributed by atoms with Gasteiger partial charge in [0.15, 0.2) is 0 Å². The maximum absolute atomic E-state index is 13.5. The Morgan fingerprint density at radius 1 is 1.09 bits per heavy atom. The molecule has 2 aliphatic rings. The van der Waals surface area contributed by atoms with Gasteiger partial charge in [-0.2, -0.15) is 11.8 Å². The maximum Gasteiger partial charge on any atom is 0.408 e. The number of carbonyl (C=O) groups is 2. The van der Waals surface area contributed by atoms with E-state index in [4.69, 9.17) is 4.74 Å². The fraction of sp³-hybridized carbons (Fsp3) is 0.714. The van der Waals surface area contributed by atoms with Crippen molar-refractivity contribution in [3.05, 3.63) is 35.9 Å². The number of hydrogen-bond acceptors (Lipinski definition) is 5. The smallest absolute Gasteiger partial charge is 0.408 e. The molecule has 1 aromatic carbocycles. The first-order valence-electron chi connectivity index (χ1n) is 13.3. The van der Waals surface area contributed by atoms with E-state index in [2.05, 4.69) is 34.5 Å². The Morgan fingerprint density at radius 2 is 1.74 bits per heavy atom. The number of nitrogens with zero attached hydrogens (tertiary/aromatic N) is 2. The molecule has 1 aromatic rings. The minimum Gasteiger partial charge on any atom is -0.444 e. The molecule has 35 heavy (non-hydrogen) atoms. The average Bonchev–Trinajstić information content (AvgIpc) is 2.83. The van der Waals surface area contributed by atoms with E-state index in [1.165, 1.54) is 37.7 Å². The number of nitrogens with one attached hydrogen (secondary N) is 1. The molecule has 1 saturated carbocycles. The molecule has 7 heteroatoms. The second kappa shape index (κ2) is 13.5. The predicted molar refractivity (Wildman–Crippen MR) is 145 cm³/mol. The lowest BCUT2D eigenvalue weighted by atomic mass is 9.91. The van der Waals surface area contributed by atoms with E-state index in [0.29, 0.717) is 5.75 Å². The first-order chi connectivity index (χ1) is 16.7. The van der Waals surface area contributed by atoms with Crippen LogP contribution in [0, 0.1) is 5.92 Å². The van der Waals surface area contributed by atoms with E-state index in [-0.39, 0.29) is 11.9 Å². The normalized spacial score (nSPS) is 19.2. The van der Waals surface area contributed by atoms with E-state index in [1.807, 2.05) is 38.8 Å². The number of amides is 2. The fourth-order valence-corrected chi connectivity index (χ4v) is 6.33. The van der Waals surface area contributed by atoms with Crippen molar-refractivity contribution in [1.29, 1.82) is 0 Å². The molecule has 2 amide bonds. The summed E-state index contributed by atoms with van der Waals surface area (Å²) < 4.78 is 5.47. The van der Waals surface area contributed by atoms with Crippen molar-refractivity contribution in [2.45, 2.75) is 89.9 Å². The minimum absolute atomic E-state index is 0.00601. The molecule has 1 N–H and O–H groups in total. The summed E-state index contributed by atoms with van der Waals surface area (Å²) in [7, 11) is 1.90. The molecule has 1 saturated heterocycles. The Bertz CT molecular complexity index is 784. The zero-order chi connectivity index (χ0) is 25.3. The first-order valence-corrected chi connectivity index (χ1v) is 14.5. The van der Waals surface area contributed by atoms with E-state index in [9.17, 15) is 9.59 Å². The third-order valence-electron chi connectivity index (χ3n) is 7.05. The summed E-state index contributed by atoms with van der Waals surface area (Å²) >= 11 is 1.80. The zero-order valence-corrected chi connectivity index (χ0v) is 22.9. The summed E-state index contributed by atoms with van der Waals surface area (Å²) in [6, 6.07) is 10.2. The fourth-order valence-electron chi connectivity index (χ4n) is 5.06. The molecule has 196 valence electrons. The molecule has 6 nitrogen and oxygen atoms in total. The van der Waals surface area contributed by atoms with Crippen LogP contribution >= 0.6 is 11.8 Å². The van der Waals surface area contributed by atoms with Crippen LogP contribution in [-0.4, -0.2) is 71.1 Å². The number of hydrogen-bond donors (Lipinski definition) is 1. The van der Waals surface area contributed by atoms with Crippen LogP contribution in [0.2, 0.25) is 0 Å². The van der Waals surface area contributed by atoms with Crippen molar-refractivity contribution in [3.63, 3.8) is 0 Å². The van der Waals surface area contributed by atoms with Gasteiger partial charge in [0.25, 0.3) is 0 Å². The number of benzene rings is 1. The van der Waals surface area contributed by atoms with E-state index < -0.39 is 17.7 Å². The molecule has 0 unspecified atom stereocenters. The lowest BCUT2D eigenvalue weighted by Crippen LogP contribution is -2.54. The standard InChI is InChI=1S/C28H45N3O3S/c1-28(2,3)34-27(33)29-25(21-35-20-23-13-9-6-10-14-23)26(32)30(4)24-15-17-31(18-16-24)19-22-11-7-5-8-12-22/h5,7-8,11-12,23-25H,6,9-10,13-21H2,1-4H3,(H,29,33)/t25-/m0/s1. The predicted octanol–water partition coefficient (Wildman–Crippen LogP) is 5.32. The number of likely N-dealkylation sites (tertiary alicyclic amines) is 1. The summed E-state index contributed by atoms with van der Waals surface area (Å²) in [4.78, 5) is 30.4. The van der Waals surface area contributed by atoms with Gasteiger partial charge in [0, 0.05) is 38.5 Å². The first kappa shape index (κ1) is 27.9. The van der Waals surface area contributed by atoms with Crippen LogP contribution in [0.15, 0.2) is 30.3 Å². The lowest BCUT2D eigenvalue weighted by Gasteiger charge is -2.38. The third-order valence-corrected chi connectivity index (χ3v) is 8.33. The van der Waals surface area contributed by atoms with Gasteiger partial charge in [-0.25, -0.2) is 4.79 Å². The van der Waals surface area contributed by atoms with Crippen LogP contribution in [0.25, 0.3) is 0 Å². The van der Waals surface area contributed by atoms with Crippen molar-refractivity contribution in [2.24, 2.45) is 5.92 Å². The Balaban J connectivity index is 1.53. The molecule has 0 spiro atoms. The molecular formula is C28H45N3O3S. The molecule has 0 aromatic heterocycles. The van der Waals surface area contributed by atoms with Gasteiger partial charge >= 0.3 is 6.09 Å². The van der Waals surface area contributed by atoms with Crippen LogP contribution in [0.3, 0.4) is 0 Å². The van der Waals surface area contributed by atoms with Gasteiger partial charge in [0.05, 0.1) is 0 Å². The van der Waals surface area contributed by atoms with Crippen molar-refractivity contribution in [1.82, 2.24) is 15.1 Å². The second-order valence-corrected chi connectivity index (χ2v) is 12.3. The Hall–Kier alpha value is -1.73. The number of thioether (sulfide) groups is 1. The molecule has 0 bridgehead atoms. The number of carbonyl (C=O) groups excluding carboxylic acids is 2. The summed E-state index contributed by atoms with van der Waals surface area (Å²) in [6.45, 7) is 8.42. The highest BCUT2D eigenvalue weighted by Crippen LogP contribution is 2.27. The maximum atomic E-state index is 13.5. The minimum atomic E-state index is -0.593. The topological polar surface area (TPSA) is 61.9 Å². The van der Waals surface area contributed by atoms with Crippen LogP contribution < -0.4 is 5.32 Å². The highest BCUT2D eigenvalue weighted by molar-refractivity contribution is 7.99. The van der Waals surface area contributed by atoms with Crippen LogP contribution in [0.1, 0.15) is 71.3 Å². The molecule has 1 atom stereocenters. The monoisotopic (exact) mass is 503 g/mol. The molecule has 3 rings (SSSR count). The Morgan fingerprint density at radius 3 is 2.37 bits per heavy atom. The summed E-state index contributed by atoms with van der Waals surface area (Å²) in [6.07, 6.45) is 7.93. The van der Waals surface area contributed by atoms with Crippen molar-refractivity contribution in [3.8, 4) is 0 Å². The summed E-state index contributed by atoms with van der Waals surface area (Å²) in [5.74, 6) is 2.37. The zero-order valence-electron chi connectivity index (χ0n) is 22.1. The summed E-state index contributed by atoms with van der Waals surface area (Å²) in [5.41, 5.74) is 0.733. The molecule has 0 radical (unpaired) electrons. The highest BCUT2D eigenvalue weighted by Gasteiger charge is 2.32. The quantitative estimate of drug-likeness (QED) is 0.494. The van der Waals surface area contributed by atoms with E-state index >= 15 is 0 Å². The van der Waals surface area contributed by atoms with Gasteiger partial charge in [-0.1, -0.05) is 49.6 Å². The molecule has 2 fully saturated rings. The number of alkyl carbamates (subject to hydrolysis) is 1. The van der Waals surface area contributed by atoms with Gasteiger partial charge < -0.3 is 15.0 Å². The Kier molecular flexibility index (Phi) is 10.8. The van der Waals surface area contributed by atoms with Crippen LogP contribution in [-0.2, 0) is 16.1 Å². The van der Waals surface area contributed by atoms with Crippen molar-refractivity contribution >= 4 is 23.8 Å². The van der Waals surface area contributed by atoms with E-state index in [0.717, 1.165) is 44.1 Å². The average molecular weight is 504 g/mol. The van der Waals surface area contributed by atoms with Crippen LogP contribution in [0.5, 0.6) is 0 Å². The number of rotatable bonds is 9. The van der Waals surface area contributed by atoms with Crippen molar-refractivity contribution in [2.75, 3.05) is 31.6 Å². The highest BCUT2D eigenvalue weighted by atomic mass is 32.2. The van der Waals surface area contributed by atoms with Gasteiger partial charge in [0.1, 0.15) is 11.6 Å². The third kappa shape index (κ3) is 9.68. The lowest BCUT2D eigenvalue weighted by molar-refractivity contribution is -0.134. The van der Waals surface area contributed by atoms with Crippen molar-refractivity contribution < 1.29 is 14.3 Å². The van der Waals surface area contributed by atoms with E-state index in [1.54, 1.807) is 11.8 Å². The molecule has 1 heterocycles. The SMILES string of the molecule is CN(C(=O)[C@H](CSCC1CCCCC1)NC(=O)OC(C)(C)C)C1CCN(Cc2ccccc2)CC1. The van der Waals surface area contributed by atoms with Gasteiger partial charge in [-0.05, 0) is 63.7 Å². The molecule has 1 aliphatic heterocycles. The number of ether oxygens (including phenoxy) is 1. The van der Waals surface area contributed by atoms with Gasteiger partial charge in [0.2, 0.25) is 5.91 Å². The number of piperidine rings is 1. The van der Waals surface area contributed by atoms with Crippen LogP contribution in [0.4, 0.5) is 4.79 Å².